The van der Waals surface area contributed by atoms with E-state index in [4.69, 9.17) is 10.2 Å². The molecule has 78 valence electrons. The van der Waals surface area contributed by atoms with Gasteiger partial charge in [-0.2, -0.15) is 0 Å². The van der Waals surface area contributed by atoms with Gasteiger partial charge in [0.05, 0.1) is 6.04 Å². The summed E-state index contributed by atoms with van der Waals surface area (Å²) in [5.74, 6) is 2.79. The molecule has 1 fully saturated rings. The zero-order valence-electron chi connectivity index (χ0n) is 8.62. The predicted octanol–water partition coefficient (Wildman–Crippen LogP) is 1.59. The van der Waals surface area contributed by atoms with Gasteiger partial charge in [-0.15, -0.1) is 0 Å². The first-order valence-electron chi connectivity index (χ1n) is 5.29. The Morgan fingerprint density at radius 2 is 2.36 bits per heavy atom. The van der Waals surface area contributed by atoms with Gasteiger partial charge >= 0.3 is 0 Å². The Morgan fingerprint density at radius 1 is 1.57 bits per heavy atom. The second-order valence-corrected chi connectivity index (χ2v) is 4.09. The van der Waals surface area contributed by atoms with Gasteiger partial charge in [-0.3, -0.25) is 0 Å². The first-order chi connectivity index (χ1) is 6.79. The van der Waals surface area contributed by atoms with Crippen molar-refractivity contribution in [1.29, 1.82) is 0 Å². The molecule has 1 heterocycles. The summed E-state index contributed by atoms with van der Waals surface area (Å²) in [6.07, 6.45) is 2.73. The average Bonchev–Trinajstić information content (AvgIpc) is 2.90. The fraction of sp³-hybridized carbons (Fsp3) is 0.636. The molecule has 0 bridgehead atoms. The maximum absolute atomic E-state index is 5.70. The highest BCUT2D eigenvalue weighted by Crippen LogP contribution is 2.28. The minimum absolute atomic E-state index is 0.185. The van der Waals surface area contributed by atoms with Crippen molar-refractivity contribution in [3.05, 3.63) is 23.7 Å². The van der Waals surface area contributed by atoms with Crippen LogP contribution < -0.4 is 11.1 Å². The maximum atomic E-state index is 5.70. The van der Waals surface area contributed by atoms with Crippen LogP contribution in [-0.4, -0.2) is 13.1 Å². The van der Waals surface area contributed by atoms with Crippen molar-refractivity contribution in [3.8, 4) is 0 Å². The topological polar surface area (TPSA) is 51.2 Å². The number of hydrogen-bond acceptors (Lipinski definition) is 3. The zero-order chi connectivity index (χ0) is 9.97. The Hall–Kier alpha value is -0.800. The lowest BCUT2D eigenvalue weighted by Crippen LogP contribution is -2.29. The van der Waals surface area contributed by atoms with Crippen molar-refractivity contribution in [2.45, 2.75) is 25.8 Å². The molecular formula is C11H18N2O. The smallest absolute Gasteiger partial charge is 0.122 e. The molecule has 1 atom stereocenters. The SMILES string of the molecule is Cc1ccc(C(CN)NCC2CC2)o1. The fourth-order valence-electron chi connectivity index (χ4n) is 1.57. The van der Waals surface area contributed by atoms with Gasteiger partial charge in [-0.05, 0) is 44.4 Å². The highest BCUT2D eigenvalue weighted by Gasteiger charge is 2.23. The van der Waals surface area contributed by atoms with Gasteiger partial charge in [0.25, 0.3) is 0 Å². The summed E-state index contributed by atoms with van der Waals surface area (Å²) in [6.45, 7) is 3.62. The lowest BCUT2D eigenvalue weighted by Gasteiger charge is -2.13. The summed E-state index contributed by atoms with van der Waals surface area (Å²) in [4.78, 5) is 0. The van der Waals surface area contributed by atoms with Crippen LogP contribution >= 0.6 is 0 Å². The Labute approximate surface area is 84.7 Å². The van der Waals surface area contributed by atoms with Crippen LogP contribution in [0.2, 0.25) is 0 Å². The van der Waals surface area contributed by atoms with Gasteiger partial charge in [-0.25, -0.2) is 0 Å². The summed E-state index contributed by atoms with van der Waals surface area (Å²) < 4.78 is 5.55. The first kappa shape index (κ1) is 9.74. The quantitative estimate of drug-likeness (QED) is 0.748. The van der Waals surface area contributed by atoms with Crippen LogP contribution in [0, 0.1) is 12.8 Å². The van der Waals surface area contributed by atoms with E-state index >= 15 is 0 Å². The molecule has 0 aromatic carbocycles. The van der Waals surface area contributed by atoms with Crippen molar-refractivity contribution in [2.24, 2.45) is 11.7 Å². The van der Waals surface area contributed by atoms with Gasteiger partial charge in [0, 0.05) is 6.54 Å². The van der Waals surface area contributed by atoms with Crippen LogP contribution in [0.5, 0.6) is 0 Å². The normalized spacial score (nSPS) is 18.4. The van der Waals surface area contributed by atoms with Crippen molar-refractivity contribution >= 4 is 0 Å². The molecule has 1 saturated carbocycles. The molecule has 0 radical (unpaired) electrons. The molecule has 1 aromatic heterocycles. The second-order valence-electron chi connectivity index (χ2n) is 4.09. The summed E-state index contributed by atoms with van der Waals surface area (Å²) in [5, 5.41) is 3.44. The zero-order valence-corrected chi connectivity index (χ0v) is 8.62. The van der Waals surface area contributed by atoms with Crippen LogP contribution in [0.3, 0.4) is 0 Å². The van der Waals surface area contributed by atoms with E-state index in [9.17, 15) is 0 Å². The summed E-state index contributed by atoms with van der Waals surface area (Å²) in [7, 11) is 0. The van der Waals surface area contributed by atoms with Crippen LogP contribution in [0.15, 0.2) is 16.5 Å². The van der Waals surface area contributed by atoms with Gasteiger partial charge in [0.2, 0.25) is 0 Å². The molecular weight excluding hydrogens is 176 g/mol. The van der Waals surface area contributed by atoms with E-state index in [2.05, 4.69) is 5.32 Å². The molecule has 1 aliphatic rings. The van der Waals surface area contributed by atoms with Crippen molar-refractivity contribution in [3.63, 3.8) is 0 Å². The Balaban J connectivity index is 1.90. The first-order valence-corrected chi connectivity index (χ1v) is 5.29. The Morgan fingerprint density at radius 3 is 2.86 bits per heavy atom. The maximum Gasteiger partial charge on any atom is 0.122 e. The van der Waals surface area contributed by atoms with Crippen LogP contribution in [0.25, 0.3) is 0 Å². The second kappa shape index (κ2) is 4.15. The summed E-state index contributed by atoms with van der Waals surface area (Å²) >= 11 is 0. The van der Waals surface area contributed by atoms with Crippen molar-refractivity contribution in [1.82, 2.24) is 5.32 Å². The van der Waals surface area contributed by atoms with Gasteiger partial charge in [-0.1, -0.05) is 0 Å². The molecule has 0 saturated heterocycles. The molecule has 2 rings (SSSR count). The standard InChI is InChI=1S/C11H18N2O/c1-8-2-5-11(14-8)10(6-12)13-7-9-3-4-9/h2,5,9-10,13H,3-4,6-7,12H2,1H3. The van der Waals surface area contributed by atoms with Crippen molar-refractivity contribution in [2.75, 3.05) is 13.1 Å². The molecule has 1 aromatic rings. The highest BCUT2D eigenvalue weighted by molar-refractivity contribution is 5.10. The molecule has 0 amide bonds. The van der Waals surface area contributed by atoms with E-state index in [1.54, 1.807) is 0 Å². The Bertz CT molecular complexity index is 291. The molecule has 3 N–H and O–H groups in total. The van der Waals surface area contributed by atoms with Crippen LogP contribution in [-0.2, 0) is 0 Å². The minimum atomic E-state index is 0.185. The molecule has 0 spiro atoms. The van der Waals surface area contributed by atoms with E-state index in [-0.39, 0.29) is 6.04 Å². The molecule has 1 unspecified atom stereocenters. The lowest BCUT2D eigenvalue weighted by atomic mass is 10.2. The van der Waals surface area contributed by atoms with E-state index < -0.39 is 0 Å². The molecule has 3 nitrogen and oxygen atoms in total. The summed E-state index contributed by atoms with van der Waals surface area (Å²) in [6, 6.07) is 4.17. The number of hydrogen-bond donors (Lipinski definition) is 2. The van der Waals surface area contributed by atoms with Gasteiger partial charge < -0.3 is 15.5 Å². The lowest BCUT2D eigenvalue weighted by molar-refractivity contribution is 0.400. The average molecular weight is 194 g/mol. The van der Waals surface area contributed by atoms with E-state index in [0.29, 0.717) is 6.54 Å². The van der Waals surface area contributed by atoms with Crippen LogP contribution in [0.1, 0.15) is 30.4 Å². The molecule has 3 heteroatoms. The van der Waals surface area contributed by atoms with E-state index in [1.165, 1.54) is 12.8 Å². The predicted molar refractivity (Wildman–Crippen MR) is 56.0 cm³/mol. The van der Waals surface area contributed by atoms with Crippen molar-refractivity contribution < 1.29 is 4.42 Å². The minimum Gasteiger partial charge on any atom is -0.465 e. The number of furan rings is 1. The fourth-order valence-corrected chi connectivity index (χ4v) is 1.57. The molecule has 14 heavy (non-hydrogen) atoms. The summed E-state index contributed by atoms with van der Waals surface area (Å²) in [5.41, 5.74) is 5.70. The number of aryl methyl sites for hydroxylation is 1. The number of rotatable bonds is 5. The monoisotopic (exact) mass is 194 g/mol. The van der Waals surface area contributed by atoms with Gasteiger partial charge in [0.15, 0.2) is 0 Å². The van der Waals surface area contributed by atoms with Gasteiger partial charge in [0.1, 0.15) is 11.5 Å². The third-order valence-corrected chi connectivity index (χ3v) is 2.69. The van der Waals surface area contributed by atoms with E-state index in [0.717, 1.165) is 24.0 Å². The third-order valence-electron chi connectivity index (χ3n) is 2.69. The number of nitrogens with two attached hydrogens (primary N) is 1. The molecule has 0 aliphatic heterocycles. The Kier molecular flexibility index (Phi) is 2.89. The highest BCUT2D eigenvalue weighted by atomic mass is 16.3. The van der Waals surface area contributed by atoms with Crippen LogP contribution in [0.4, 0.5) is 0 Å². The number of nitrogens with one attached hydrogen (secondary N) is 1. The molecule has 1 aliphatic carbocycles. The largest absolute Gasteiger partial charge is 0.465 e. The third kappa shape index (κ3) is 2.36. The van der Waals surface area contributed by atoms with E-state index in [1.807, 2.05) is 19.1 Å².